The fourth-order valence-corrected chi connectivity index (χ4v) is 1.85. The van der Waals surface area contributed by atoms with Crippen molar-refractivity contribution in [1.29, 1.82) is 0 Å². The third kappa shape index (κ3) is 4.22. The highest BCUT2D eigenvalue weighted by Crippen LogP contribution is 2.19. The van der Waals surface area contributed by atoms with Gasteiger partial charge in [0.05, 0.1) is 31.0 Å². The highest BCUT2D eigenvalue weighted by molar-refractivity contribution is 5.93. The third-order valence-electron chi connectivity index (χ3n) is 2.96. The molecular formula is C16H18N2O3. The van der Waals surface area contributed by atoms with Crippen LogP contribution in [0.3, 0.4) is 0 Å². The smallest absolute Gasteiger partial charge is 0.227 e. The van der Waals surface area contributed by atoms with Gasteiger partial charge in [0.1, 0.15) is 5.75 Å². The SMILES string of the molecule is Nc1ccccc1NC(=O)CCOc1ccccc1CO. The minimum atomic E-state index is -0.172. The Morgan fingerprint density at radius 2 is 1.86 bits per heavy atom. The molecule has 2 aromatic rings. The number of nitrogens with two attached hydrogens (primary N) is 1. The number of nitrogen functional groups attached to an aromatic ring is 1. The zero-order valence-electron chi connectivity index (χ0n) is 11.6. The number of aliphatic hydroxyl groups excluding tert-OH is 1. The average molecular weight is 286 g/mol. The minimum Gasteiger partial charge on any atom is -0.493 e. The van der Waals surface area contributed by atoms with Crippen LogP contribution in [-0.4, -0.2) is 17.6 Å². The fraction of sp³-hybridized carbons (Fsp3) is 0.188. The number of carbonyl (C=O) groups excluding carboxylic acids is 1. The van der Waals surface area contributed by atoms with E-state index in [0.29, 0.717) is 22.7 Å². The second kappa shape index (κ2) is 7.31. The maximum absolute atomic E-state index is 11.8. The number of nitrogens with one attached hydrogen (secondary N) is 1. The molecule has 0 saturated heterocycles. The van der Waals surface area contributed by atoms with Crippen LogP contribution in [0, 0.1) is 0 Å². The van der Waals surface area contributed by atoms with Crippen molar-refractivity contribution in [2.24, 2.45) is 0 Å². The van der Waals surface area contributed by atoms with Crippen molar-refractivity contribution in [3.63, 3.8) is 0 Å². The molecule has 1 amide bonds. The maximum Gasteiger partial charge on any atom is 0.227 e. The van der Waals surface area contributed by atoms with E-state index < -0.39 is 0 Å². The Balaban J connectivity index is 1.83. The van der Waals surface area contributed by atoms with Gasteiger partial charge in [0.25, 0.3) is 0 Å². The number of carbonyl (C=O) groups is 1. The molecule has 5 heteroatoms. The Labute approximate surface area is 123 Å². The van der Waals surface area contributed by atoms with Crippen molar-refractivity contribution in [3.05, 3.63) is 54.1 Å². The molecule has 0 heterocycles. The summed E-state index contributed by atoms with van der Waals surface area (Å²) >= 11 is 0. The molecule has 0 aliphatic carbocycles. The maximum atomic E-state index is 11.8. The van der Waals surface area contributed by atoms with Crippen LogP contribution in [0.2, 0.25) is 0 Å². The van der Waals surface area contributed by atoms with Crippen molar-refractivity contribution < 1.29 is 14.6 Å². The number of amides is 1. The molecule has 4 N–H and O–H groups in total. The molecule has 0 aromatic heterocycles. The van der Waals surface area contributed by atoms with Gasteiger partial charge < -0.3 is 20.9 Å². The van der Waals surface area contributed by atoms with Gasteiger partial charge in [-0.1, -0.05) is 30.3 Å². The summed E-state index contributed by atoms with van der Waals surface area (Å²) < 4.78 is 5.51. The van der Waals surface area contributed by atoms with E-state index in [9.17, 15) is 9.90 Å². The zero-order valence-corrected chi connectivity index (χ0v) is 11.6. The molecule has 0 radical (unpaired) electrons. The van der Waals surface area contributed by atoms with Crippen LogP contribution >= 0.6 is 0 Å². The molecule has 2 aromatic carbocycles. The number of hydrogen-bond acceptors (Lipinski definition) is 4. The van der Waals surface area contributed by atoms with Gasteiger partial charge in [0.2, 0.25) is 5.91 Å². The first-order valence-corrected chi connectivity index (χ1v) is 6.66. The van der Waals surface area contributed by atoms with Gasteiger partial charge >= 0.3 is 0 Å². The van der Waals surface area contributed by atoms with Crippen LogP contribution in [0.15, 0.2) is 48.5 Å². The van der Waals surface area contributed by atoms with Crippen molar-refractivity contribution in [2.75, 3.05) is 17.7 Å². The van der Waals surface area contributed by atoms with E-state index in [0.717, 1.165) is 0 Å². The Bertz CT molecular complexity index is 614. The Hall–Kier alpha value is -2.53. The normalized spacial score (nSPS) is 10.1. The number of ether oxygens (including phenoxy) is 1. The summed E-state index contributed by atoms with van der Waals surface area (Å²) in [7, 11) is 0. The second-order valence-corrected chi connectivity index (χ2v) is 4.50. The van der Waals surface area contributed by atoms with E-state index in [2.05, 4.69) is 5.32 Å². The molecule has 21 heavy (non-hydrogen) atoms. The number of rotatable bonds is 6. The van der Waals surface area contributed by atoms with Gasteiger partial charge in [-0.15, -0.1) is 0 Å². The van der Waals surface area contributed by atoms with Crippen LogP contribution in [0.5, 0.6) is 5.75 Å². The topological polar surface area (TPSA) is 84.6 Å². The molecule has 0 fully saturated rings. The number of aliphatic hydroxyl groups is 1. The predicted octanol–water partition coefficient (Wildman–Crippen LogP) is 2.17. The molecule has 0 aliphatic rings. The Morgan fingerprint density at radius 1 is 1.14 bits per heavy atom. The van der Waals surface area contributed by atoms with Gasteiger partial charge in [-0.2, -0.15) is 0 Å². The van der Waals surface area contributed by atoms with Gasteiger partial charge in [0, 0.05) is 5.56 Å². The fourth-order valence-electron chi connectivity index (χ4n) is 1.85. The van der Waals surface area contributed by atoms with Crippen LogP contribution in [-0.2, 0) is 11.4 Å². The quantitative estimate of drug-likeness (QED) is 0.710. The highest BCUT2D eigenvalue weighted by Gasteiger charge is 2.06. The summed E-state index contributed by atoms with van der Waals surface area (Å²) in [5.74, 6) is 0.418. The van der Waals surface area contributed by atoms with Crippen molar-refractivity contribution in [3.8, 4) is 5.75 Å². The lowest BCUT2D eigenvalue weighted by atomic mass is 10.2. The van der Waals surface area contributed by atoms with E-state index in [-0.39, 0.29) is 25.5 Å². The molecule has 0 aliphatic heterocycles. The highest BCUT2D eigenvalue weighted by atomic mass is 16.5. The summed E-state index contributed by atoms with van der Waals surface area (Å²) in [4.78, 5) is 11.8. The van der Waals surface area contributed by atoms with Gasteiger partial charge in [0.15, 0.2) is 0 Å². The molecule has 0 atom stereocenters. The summed E-state index contributed by atoms with van der Waals surface area (Å²) in [6.45, 7) is 0.137. The number of para-hydroxylation sites is 3. The lowest BCUT2D eigenvalue weighted by Crippen LogP contribution is -2.16. The zero-order chi connectivity index (χ0) is 15.1. The lowest BCUT2D eigenvalue weighted by Gasteiger charge is -2.10. The van der Waals surface area contributed by atoms with Crippen LogP contribution in [0.1, 0.15) is 12.0 Å². The first-order valence-electron chi connectivity index (χ1n) is 6.66. The van der Waals surface area contributed by atoms with E-state index in [1.54, 1.807) is 36.4 Å². The van der Waals surface area contributed by atoms with Crippen LogP contribution in [0.4, 0.5) is 11.4 Å². The van der Waals surface area contributed by atoms with Crippen LogP contribution in [0.25, 0.3) is 0 Å². The van der Waals surface area contributed by atoms with Gasteiger partial charge in [-0.3, -0.25) is 4.79 Å². The minimum absolute atomic E-state index is 0.0943. The number of benzene rings is 2. The second-order valence-electron chi connectivity index (χ2n) is 4.50. The standard InChI is InChI=1S/C16H18N2O3/c17-13-6-2-3-7-14(13)18-16(20)9-10-21-15-8-4-1-5-12(15)11-19/h1-8,19H,9-11,17H2,(H,18,20). The van der Waals surface area contributed by atoms with E-state index >= 15 is 0 Å². The molecule has 5 nitrogen and oxygen atoms in total. The van der Waals surface area contributed by atoms with Crippen molar-refractivity contribution in [2.45, 2.75) is 13.0 Å². The molecule has 0 spiro atoms. The molecule has 0 bridgehead atoms. The van der Waals surface area contributed by atoms with Crippen molar-refractivity contribution >= 4 is 17.3 Å². The first-order chi connectivity index (χ1) is 10.2. The number of hydrogen-bond donors (Lipinski definition) is 3. The van der Waals surface area contributed by atoms with E-state index in [4.69, 9.17) is 10.5 Å². The number of anilines is 2. The van der Waals surface area contributed by atoms with Crippen LogP contribution < -0.4 is 15.8 Å². The van der Waals surface area contributed by atoms with Crippen molar-refractivity contribution in [1.82, 2.24) is 0 Å². The molecule has 0 saturated carbocycles. The Morgan fingerprint density at radius 3 is 2.62 bits per heavy atom. The van der Waals surface area contributed by atoms with E-state index in [1.165, 1.54) is 0 Å². The summed E-state index contributed by atoms with van der Waals surface area (Å²) in [6, 6.07) is 14.3. The van der Waals surface area contributed by atoms with Gasteiger partial charge in [-0.05, 0) is 18.2 Å². The summed E-state index contributed by atoms with van der Waals surface area (Å²) in [5, 5.41) is 11.9. The summed E-state index contributed by atoms with van der Waals surface area (Å²) in [5.41, 5.74) is 7.57. The van der Waals surface area contributed by atoms with E-state index in [1.807, 2.05) is 12.1 Å². The lowest BCUT2D eigenvalue weighted by molar-refractivity contribution is -0.116. The Kier molecular flexibility index (Phi) is 5.17. The molecule has 0 unspecified atom stereocenters. The first kappa shape index (κ1) is 14.9. The average Bonchev–Trinajstić information content (AvgIpc) is 2.50. The monoisotopic (exact) mass is 286 g/mol. The molecular weight excluding hydrogens is 268 g/mol. The molecule has 110 valence electrons. The largest absolute Gasteiger partial charge is 0.493 e. The van der Waals surface area contributed by atoms with Gasteiger partial charge in [-0.25, -0.2) is 0 Å². The molecule has 2 rings (SSSR count). The predicted molar refractivity (Wildman–Crippen MR) is 82.0 cm³/mol. The third-order valence-corrected chi connectivity index (χ3v) is 2.96. The summed E-state index contributed by atoms with van der Waals surface area (Å²) in [6.07, 6.45) is 0.202.